The Balaban J connectivity index is 1.51. The van der Waals surface area contributed by atoms with Crippen LogP contribution >= 0.6 is 11.6 Å². The Labute approximate surface area is 178 Å². The second-order valence-electron chi connectivity index (χ2n) is 6.84. The molecule has 2 heterocycles. The molecule has 1 fully saturated rings. The number of nitrogens with zero attached hydrogens (tertiary/aromatic N) is 4. The van der Waals surface area contributed by atoms with Gasteiger partial charge in [0, 0.05) is 29.4 Å². The number of morpholine rings is 1. The van der Waals surface area contributed by atoms with Gasteiger partial charge in [-0.1, -0.05) is 23.7 Å². The van der Waals surface area contributed by atoms with Crippen LogP contribution in [-0.4, -0.2) is 58.0 Å². The number of anilines is 1. The standard InChI is InChI=1S/C21H20ClN5O3/c1-14-19(25-27(24-14)18-7-3-5-16(22)13-18)20(28)23-17-6-2-4-15(12-17)21(29)26-8-10-30-11-9-26/h2-7,12-13H,8-11H2,1H3,(H,23,28). The van der Waals surface area contributed by atoms with Gasteiger partial charge in [-0.15, -0.1) is 5.10 Å². The first-order chi connectivity index (χ1) is 14.5. The Morgan fingerprint density at radius 1 is 1.07 bits per heavy atom. The number of nitrogens with one attached hydrogen (secondary N) is 1. The first-order valence-electron chi connectivity index (χ1n) is 9.49. The summed E-state index contributed by atoms with van der Waals surface area (Å²) in [5, 5.41) is 11.9. The molecule has 1 saturated heterocycles. The Kier molecular flexibility index (Phi) is 5.78. The molecule has 3 aromatic rings. The summed E-state index contributed by atoms with van der Waals surface area (Å²) in [5.41, 5.74) is 2.35. The van der Waals surface area contributed by atoms with Crippen molar-refractivity contribution >= 4 is 29.1 Å². The molecule has 0 saturated carbocycles. The minimum Gasteiger partial charge on any atom is -0.378 e. The number of halogens is 1. The fourth-order valence-corrected chi connectivity index (χ4v) is 3.36. The molecule has 9 heteroatoms. The molecule has 0 unspecified atom stereocenters. The zero-order valence-corrected chi connectivity index (χ0v) is 17.1. The molecule has 0 bridgehead atoms. The molecule has 1 N–H and O–H groups in total. The third-order valence-electron chi connectivity index (χ3n) is 4.70. The number of carbonyl (C=O) groups is 2. The van der Waals surface area contributed by atoms with E-state index in [2.05, 4.69) is 15.5 Å². The summed E-state index contributed by atoms with van der Waals surface area (Å²) in [7, 11) is 0. The van der Waals surface area contributed by atoms with E-state index in [4.69, 9.17) is 16.3 Å². The molecular formula is C21H20ClN5O3. The maximum absolute atomic E-state index is 12.8. The van der Waals surface area contributed by atoms with Crippen LogP contribution in [0.2, 0.25) is 5.02 Å². The Morgan fingerprint density at radius 3 is 2.60 bits per heavy atom. The second-order valence-corrected chi connectivity index (χ2v) is 7.28. The van der Waals surface area contributed by atoms with Gasteiger partial charge >= 0.3 is 0 Å². The Morgan fingerprint density at radius 2 is 1.83 bits per heavy atom. The summed E-state index contributed by atoms with van der Waals surface area (Å²) in [6, 6.07) is 13.9. The van der Waals surface area contributed by atoms with Crippen molar-refractivity contribution in [1.82, 2.24) is 19.9 Å². The molecule has 4 rings (SSSR count). The van der Waals surface area contributed by atoms with E-state index in [9.17, 15) is 9.59 Å². The van der Waals surface area contributed by atoms with Gasteiger partial charge in [0.15, 0.2) is 5.69 Å². The SMILES string of the molecule is Cc1nn(-c2cccc(Cl)c2)nc1C(=O)Nc1cccc(C(=O)N2CCOCC2)c1. The summed E-state index contributed by atoms with van der Waals surface area (Å²) in [4.78, 5) is 28.5. The molecule has 8 nitrogen and oxygen atoms in total. The summed E-state index contributed by atoms with van der Waals surface area (Å²) in [5.74, 6) is -0.491. The first kappa shape index (κ1) is 20.1. The molecule has 1 aromatic heterocycles. The molecule has 2 aromatic carbocycles. The topological polar surface area (TPSA) is 89.3 Å². The lowest BCUT2D eigenvalue weighted by Gasteiger charge is -2.27. The summed E-state index contributed by atoms with van der Waals surface area (Å²) in [6.45, 7) is 3.89. The molecule has 1 aliphatic heterocycles. The van der Waals surface area contributed by atoms with Crippen LogP contribution in [0.3, 0.4) is 0 Å². The van der Waals surface area contributed by atoms with Gasteiger partial charge in [0.05, 0.1) is 24.6 Å². The van der Waals surface area contributed by atoms with E-state index in [1.165, 1.54) is 4.80 Å². The molecule has 154 valence electrons. The number of benzene rings is 2. The monoisotopic (exact) mass is 425 g/mol. The smallest absolute Gasteiger partial charge is 0.278 e. The zero-order valence-electron chi connectivity index (χ0n) is 16.3. The van der Waals surface area contributed by atoms with Crippen LogP contribution in [0.1, 0.15) is 26.5 Å². The predicted molar refractivity (Wildman–Crippen MR) is 112 cm³/mol. The number of aromatic nitrogens is 3. The molecule has 0 aliphatic carbocycles. The molecule has 0 atom stereocenters. The highest BCUT2D eigenvalue weighted by Crippen LogP contribution is 2.17. The van der Waals surface area contributed by atoms with E-state index < -0.39 is 5.91 Å². The lowest BCUT2D eigenvalue weighted by Crippen LogP contribution is -2.40. The summed E-state index contributed by atoms with van der Waals surface area (Å²) in [6.07, 6.45) is 0. The predicted octanol–water partition coefficient (Wildman–Crippen LogP) is 2.95. The van der Waals surface area contributed by atoms with Crippen molar-refractivity contribution in [2.75, 3.05) is 31.6 Å². The van der Waals surface area contributed by atoms with Gasteiger partial charge in [-0.05, 0) is 43.3 Å². The fraction of sp³-hybridized carbons (Fsp3) is 0.238. The summed E-state index contributed by atoms with van der Waals surface area (Å²) >= 11 is 6.02. The average Bonchev–Trinajstić information content (AvgIpc) is 3.16. The lowest BCUT2D eigenvalue weighted by molar-refractivity contribution is 0.0303. The highest BCUT2D eigenvalue weighted by Gasteiger charge is 2.20. The maximum atomic E-state index is 12.8. The van der Waals surface area contributed by atoms with Gasteiger partial charge in [0.25, 0.3) is 11.8 Å². The van der Waals surface area contributed by atoms with Gasteiger partial charge in [-0.3, -0.25) is 9.59 Å². The van der Waals surface area contributed by atoms with E-state index >= 15 is 0 Å². The number of carbonyl (C=O) groups excluding carboxylic acids is 2. The molecule has 0 radical (unpaired) electrons. The van der Waals surface area contributed by atoms with Crippen LogP contribution in [0.15, 0.2) is 48.5 Å². The van der Waals surface area contributed by atoms with Crippen molar-refractivity contribution in [3.8, 4) is 5.69 Å². The number of hydrogen-bond acceptors (Lipinski definition) is 5. The van der Waals surface area contributed by atoms with Gasteiger partial charge in [0.1, 0.15) is 0 Å². The quantitative estimate of drug-likeness (QED) is 0.694. The van der Waals surface area contributed by atoms with Crippen LogP contribution in [-0.2, 0) is 4.74 Å². The highest BCUT2D eigenvalue weighted by molar-refractivity contribution is 6.30. The van der Waals surface area contributed by atoms with Crippen LogP contribution in [0.5, 0.6) is 0 Å². The lowest BCUT2D eigenvalue weighted by atomic mass is 10.1. The Bertz CT molecular complexity index is 1090. The van der Waals surface area contributed by atoms with Gasteiger partial charge in [-0.2, -0.15) is 9.90 Å². The molecule has 1 aliphatic rings. The minimum absolute atomic E-state index is 0.0857. The zero-order chi connectivity index (χ0) is 21.1. The van der Waals surface area contributed by atoms with E-state index in [1.54, 1.807) is 60.4 Å². The van der Waals surface area contributed by atoms with E-state index in [1.807, 2.05) is 0 Å². The van der Waals surface area contributed by atoms with E-state index in [0.29, 0.717) is 54.0 Å². The van der Waals surface area contributed by atoms with Crippen molar-refractivity contribution in [3.05, 3.63) is 70.5 Å². The average molecular weight is 426 g/mol. The molecule has 0 spiro atoms. The van der Waals surface area contributed by atoms with Crippen LogP contribution in [0.25, 0.3) is 5.69 Å². The fourth-order valence-electron chi connectivity index (χ4n) is 3.17. The molecular weight excluding hydrogens is 406 g/mol. The van der Waals surface area contributed by atoms with Gasteiger partial charge in [-0.25, -0.2) is 0 Å². The van der Waals surface area contributed by atoms with E-state index in [-0.39, 0.29) is 11.6 Å². The number of hydrogen-bond donors (Lipinski definition) is 1. The van der Waals surface area contributed by atoms with E-state index in [0.717, 1.165) is 0 Å². The minimum atomic E-state index is -0.406. The number of amides is 2. The number of aryl methyl sites for hydroxylation is 1. The van der Waals surface area contributed by atoms with Gasteiger partial charge in [0.2, 0.25) is 0 Å². The van der Waals surface area contributed by atoms with Crippen LogP contribution in [0.4, 0.5) is 5.69 Å². The van der Waals surface area contributed by atoms with Crippen molar-refractivity contribution in [3.63, 3.8) is 0 Å². The van der Waals surface area contributed by atoms with Crippen LogP contribution < -0.4 is 5.32 Å². The van der Waals surface area contributed by atoms with Gasteiger partial charge < -0.3 is 15.0 Å². The molecule has 2 amide bonds. The van der Waals surface area contributed by atoms with Crippen molar-refractivity contribution in [2.24, 2.45) is 0 Å². The largest absolute Gasteiger partial charge is 0.378 e. The molecule has 30 heavy (non-hydrogen) atoms. The highest BCUT2D eigenvalue weighted by atomic mass is 35.5. The van der Waals surface area contributed by atoms with Crippen molar-refractivity contribution in [2.45, 2.75) is 6.92 Å². The number of ether oxygens (including phenoxy) is 1. The third kappa shape index (κ3) is 4.34. The maximum Gasteiger partial charge on any atom is 0.278 e. The summed E-state index contributed by atoms with van der Waals surface area (Å²) < 4.78 is 5.29. The van der Waals surface area contributed by atoms with Crippen LogP contribution in [0, 0.1) is 6.92 Å². The number of rotatable bonds is 4. The second kappa shape index (κ2) is 8.64. The first-order valence-corrected chi connectivity index (χ1v) is 9.87. The normalized spacial score (nSPS) is 13.9. The van der Waals surface area contributed by atoms with Crippen molar-refractivity contribution in [1.29, 1.82) is 0 Å². The third-order valence-corrected chi connectivity index (χ3v) is 4.94. The Hall–Kier alpha value is -3.23. The van der Waals surface area contributed by atoms with Crippen molar-refractivity contribution < 1.29 is 14.3 Å².